The molecule has 2 rings (SSSR count). The fourth-order valence-electron chi connectivity index (χ4n) is 1.32. The van der Waals surface area contributed by atoms with E-state index in [9.17, 15) is 0 Å². The summed E-state index contributed by atoms with van der Waals surface area (Å²) in [4.78, 5) is 0. The van der Waals surface area contributed by atoms with E-state index in [1.54, 1.807) is 0 Å². The van der Waals surface area contributed by atoms with Gasteiger partial charge in [-0.2, -0.15) is 0 Å². The summed E-state index contributed by atoms with van der Waals surface area (Å²) < 4.78 is 1.97. The molecule has 2 heteroatoms. The molecule has 0 bridgehead atoms. The summed E-state index contributed by atoms with van der Waals surface area (Å²) in [6.07, 6.45) is 6.33. The standard InChI is InChI=1S/C11H10BrN/c12-13-8-6-11(7-9-13)10-4-2-1-3-5-10/h1-8H,9H2. The minimum Gasteiger partial charge on any atom is -0.312 e. The Morgan fingerprint density at radius 2 is 1.92 bits per heavy atom. The van der Waals surface area contributed by atoms with E-state index in [4.69, 9.17) is 0 Å². The molecule has 0 spiro atoms. The third-order valence-corrected chi connectivity index (χ3v) is 2.53. The summed E-state index contributed by atoms with van der Waals surface area (Å²) in [5.41, 5.74) is 2.57. The van der Waals surface area contributed by atoms with Crippen LogP contribution in [0.4, 0.5) is 0 Å². The van der Waals surface area contributed by atoms with Crippen LogP contribution in [-0.2, 0) is 0 Å². The Morgan fingerprint density at radius 1 is 1.15 bits per heavy atom. The molecule has 0 saturated heterocycles. The summed E-state index contributed by atoms with van der Waals surface area (Å²) >= 11 is 3.39. The van der Waals surface area contributed by atoms with E-state index in [1.807, 2.05) is 16.2 Å². The Labute approximate surface area is 86.7 Å². The molecule has 0 unspecified atom stereocenters. The minimum absolute atomic E-state index is 0.917. The smallest absolute Gasteiger partial charge is 0.0494 e. The zero-order valence-electron chi connectivity index (χ0n) is 7.15. The van der Waals surface area contributed by atoms with Gasteiger partial charge in [0.25, 0.3) is 0 Å². The van der Waals surface area contributed by atoms with Crippen LogP contribution < -0.4 is 0 Å². The summed E-state index contributed by atoms with van der Waals surface area (Å²) in [6, 6.07) is 10.4. The lowest BCUT2D eigenvalue weighted by atomic mass is 10.0. The summed E-state index contributed by atoms with van der Waals surface area (Å²) in [7, 11) is 0. The Balaban J connectivity index is 2.25. The fourth-order valence-corrected chi connectivity index (χ4v) is 1.58. The zero-order valence-corrected chi connectivity index (χ0v) is 8.74. The predicted octanol–water partition coefficient (Wildman–Crippen LogP) is 3.21. The normalized spacial score (nSPS) is 15.8. The number of nitrogens with zero attached hydrogens (tertiary/aromatic N) is 1. The first-order valence-electron chi connectivity index (χ1n) is 4.22. The van der Waals surface area contributed by atoms with Gasteiger partial charge in [0, 0.05) is 28.9 Å². The number of hydrogen-bond acceptors (Lipinski definition) is 1. The van der Waals surface area contributed by atoms with Crippen molar-refractivity contribution >= 4 is 21.7 Å². The maximum Gasteiger partial charge on any atom is 0.0494 e. The highest BCUT2D eigenvalue weighted by Crippen LogP contribution is 2.20. The van der Waals surface area contributed by atoms with Crippen molar-refractivity contribution in [1.82, 2.24) is 3.93 Å². The van der Waals surface area contributed by atoms with Gasteiger partial charge in [-0.25, -0.2) is 0 Å². The van der Waals surface area contributed by atoms with E-state index in [-0.39, 0.29) is 0 Å². The Hall–Kier alpha value is -1.02. The van der Waals surface area contributed by atoms with Crippen LogP contribution >= 0.6 is 16.1 Å². The highest BCUT2D eigenvalue weighted by atomic mass is 79.9. The van der Waals surface area contributed by atoms with Crippen molar-refractivity contribution in [2.24, 2.45) is 0 Å². The lowest BCUT2D eigenvalue weighted by molar-refractivity contribution is 0.717. The SMILES string of the molecule is BrN1C=CC(c2ccccc2)=CC1. The number of allylic oxidation sites excluding steroid dienone is 2. The van der Waals surface area contributed by atoms with Crippen molar-refractivity contribution in [1.29, 1.82) is 0 Å². The van der Waals surface area contributed by atoms with Crippen molar-refractivity contribution in [3.8, 4) is 0 Å². The van der Waals surface area contributed by atoms with Gasteiger partial charge in [0.1, 0.15) is 0 Å². The van der Waals surface area contributed by atoms with Crippen molar-refractivity contribution in [2.75, 3.05) is 6.54 Å². The number of benzene rings is 1. The van der Waals surface area contributed by atoms with E-state index in [0.29, 0.717) is 0 Å². The van der Waals surface area contributed by atoms with Gasteiger partial charge < -0.3 is 3.93 Å². The Morgan fingerprint density at radius 3 is 2.54 bits per heavy atom. The topological polar surface area (TPSA) is 3.24 Å². The molecule has 0 amide bonds. The predicted molar refractivity (Wildman–Crippen MR) is 59.2 cm³/mol. The lowest BCUT2D eigenvalue weighted by Crippen LogP contribution is -2.06. The van der Waals surface area contributed by atoms with Crippen LogP contribution in [0.5, 0.6) is 0 Å². The summed E-state index contributed by atoms with van der Waals surface area (Å²) in [6.45, 7) is 0.917. The molecule has 1 aromatic carbocycles. The quantitative estimate of drug-likeness (QED) is 0.676. The van der Waals surface area contributed by atoms with Gasteiger partial charge in [0.05, 0.1) is 0 Å². The highest BCUT2D eigenvalue weighted by Gasteiger charge is 2.02. The molecule has 0 fully saturated rings. The van der Waals surface area contributed by atoms with Crippen LogP contribution in [-0.4, -0.2) is 10.5 Å². The zero-order chi connectivity index (χ0) is 9.10. The third-order valence-electron chi connectivity index (χ3n) is 2.01. The van der Waals surface area contributed by atoms with Crippen molar-refractivity contribution < 1.29 is 0 Å². The molecule has 0 radical (unpaired) electrons. The first-order valence-corrected chi connectivity index (χ1v) is 4.93. The molecule has 0 atom stereocenters. The second-order valence-electron chi connectivity index (χ2n) is 2.92. The van der Waals surface area contributed by atoms with E-state index in [0.717, 1.165) is 6.54 Å². The first-order chi connectivity index (χ1) is 6.36. The highest BCUT2D eigenvalue weighted by molar-refractivity contribution is 9.07. The van der Waals surface area contributed by atoms with E-state index in [1.165, 1.54) is 11.1 Å². The van der Waals surface area contributed by atoms with Gasteiger partial charge >= 0.3 is 0 Å². The molecular weight excluding hydrogens is 226 g/mol. The van der Waals surface area contributed by atoms with Crippen LogP contribution in [0.1, 0.15) is 5.56 Å². The Kier molecular flexibility index (Phi) is 2.50. The fraction of sp³-hybridized carbons (Fsp3) is 0.0909. The van der Waals surface area contributed by atoms with Gasteiger partial charge in [-0.1, -0.05) is 36.4 Å². The molecule has 66 valence electrons. The molecule has 1 aliphatic rings. The van der Waals surface area contributed by atoms with Crippen LogP contribution in [0.25, 0.3) is 5.57 Å². The first kappa shape index (κ1) is 8.57. The third kappa shape index (κ3) is 2.01. The maximum absolute atomic E-state index is 3.39. The molecule has 1 aliphatic heterocycles. The second-order valence-corrected chi connectivity index (χ2v) is 3.83. The lowest BCUT2D eigenvalue weighted by Gasteiger charge is -2.14. The number of halogens is 1. The van der Waals surface area contributed by atoms with E-state index < -0.39 is 0 Å². The molecule has 13 heavy (non-hydrogen) atoms. The van der Waals surface area contributed by atoms with Crippen LogP contribution in [0.2, 0.25) is 0 Å². The van der Waals surface area contributed by atoms with E-state index >= 15 is 0 Å². The Bertz CT molecular complexity index is 340. The van der Waals surface area contributed by atoms with Gasteiger partial charge in [0.15, 0.2) is 0 Å². The second kappa shape index (κ2) is 3.79. The largest absolute Gasteiger partial charge is 0.312 e. The van der Waals surface area contributed by atoms with Crippen LogP contribution in [0.15, 0.2) is 48.7 Å². The average Bonchev–Trinajstić information content (AvgIpc) is 2.20. The average molecular weight is 236 g/mol. The minimum atomic E-state index is 0.917. The number of rotatable bonds is 1. The molecular formula is C11H10BrN. The molecule has 1 nitrogen and oxygen atoms in total. The summed E-state index contributed by atoms with van der Waals surface area (Å²) in [5, 5.41) is 0. The number of hydrogen-bond donors (Lipinski definition) is 0. The van der Waals surface area contributed by atoms with Crippen molar-refractivity contribution in [3.63, 3.8) is 0 Å². The van der Waals surface area contributed by atoms with E-state index in [2.05, 4.69) is 52.6 Å². The molecule has 0 aliphatic carbocycles. The molecule has 1 aromatic rings. The van der Waals surface area contributed by atoms with Crippen molar-refractivity contribution in [2.45, 2.75) is 0 Å². The monoisotopic (exact) mass is 235 g/mol. The van der Waals surface area contributed by atoms with Crippen molar-refractivity contribution in [3.05, 3.63) is 54.2 Å². The molecule has 0 aromatic heterocycles. The molecule has 0 saturated carbocycles. The van der Waals surface area contributed by atoms with Gasteiger partial charge in [-0.05, 0) is 17.2 Å². The van der Waals surface area contributed by atoms with Crippen LogP contribution in [0, 0.1) is 0 Å². The van der Waals surface area contributed by atoms with Gasteiger partial charge in [-0.3, -0.25) is 0 Å². The summed E-state index contributed by atoms with van der Waals surface area (Å²) in [5.74, 6) is 0. The maximum atomic E-state index is 3.39. The van der Waals surface area contributed by atoms with Gasteiger partial charge in [-0.15, -0.1) is 0 Å². The van der Waals surface area contributed by atoms with Gasteiger partial charge in [0.2, 0.25) is 0 Å². The molecule has 1 heterocycles. The van der Waals surface area contributed by atoms with Crippen LogP contribution in [0.3, 0.4) is 0 Å². The molecule has 0 N–H and O–H groups in total.